The van der Waals surface area contributed by atoms with Gasteiger partial charge >= 0.3 is 6.03 Å². The molecule has 0 bridgehead atoms. The highest BCUT2D eigenvalue weighted by Crippen LogP contribution is 2.27. The van der Waals surface area contributed by atoms with Gasteiger partial charge in [-0.05, 0) is 38.5 Å². The van der Waals surface area contributed by atoms with Crippen molar-refractivity contribution < 1.29 is 14.3 Å². The fourth-order valence-corrected chi connectivity index (χ4v) is 2.14. The number of fused-ring (bicyclic) bond motifs is 1. The standard InChI is InChI=1S/C17H25N3O3/c1-16(2,3)14-19-12-10-11(6-7-13(12)23-14)18-15(22)20-17(4,5)8-9-21/h6-7,10,21H,8-9H2,1-5H3,(H2,18,20,22). The second-order valence-electron chi connectivity index (χ2n) is 7.39. The number of carbonyl (C=O) groups is 1. The summed E-state index contributed by atoms with van der Waals surface area (Å²) in [5, 5.41) is 14.6. The Hall–Kier alpha value is -2.08. The summed E-state index contributed by atoms with van der Waals surface area (Å²) in [4.78, 5) is 16.5. The van der Waals surface area contributed by atoms with Crippen LogP contribution in [-0.2, 0) is 5.41 Å². The summed E-state index contributed by atoms with van der Waals surface area (Å²) in [7, 11) is 0. The van der Waals surface area contributed by atoms with Crippen molar-refractivity contribution >= 4 is 22.8 Å². The Labute approximate surface area is 136 Å². The van der Waals surface area contributed by atoms with E-state index in [0.717, 1.165) is 0 Å². The third-order valence-electron chi connectivity index (χ3n) is 3.48. The molecule has 1 aromatic heterocycles. The van der Waals surface area contributed by atoms with Crippen LogP contribution in [0.2, 0.25) is 0 Å². The number of rotatable bonds is 4. The summed E-state index contributed by atoms with van der Waals surface area (Å²) in [6, 6.07) is 5.04. The topological polar surface area (TPSA) is 87.4 Å². The van der Waals surface area contributed by atoms with Crippen LogP contribution in [0.1, 0.15) is 46.9 Å². The first-order valence-corrected chi connectivity index (χ1v) is 7.72. The monoisotopic (exact) mass is 319 g/mol. The molecule has 2 amide bonds. The molecule has 23 heavy (non-hydrogen) atoms. The summed E-state index contributed by atoms with van der Waals surface area (Å²) in [6.45, 7) is 9.85. The molecule has 1 heterocycles. The number of oxazole rings is 1. The largest absolute Gasteiger partial charge is 0.440 e. The molecule has 6 nitrogen and oxygen atoms in total. The van der Waals surface area contributed by atoms with E-state index < -0.39 is 5.54 Å². The maximum absolute atomic E-state index is 12.1. The Morgan fingerprint density at radius 1 is 1.26 bits per heavy atom. The van der Waals surface area contributed by atoms with E-state index in [1.54, 1.807) is 18.2 Å². The summed E-state index contributed by atoms with van der Waals surface area (Å²) >= 11 is 0. The molecule has 0 unspecified atom stereocenters. The molecule has 126 valence electrons. The first-order valence-electron chi connectivity index (χ1n) is 7.72. The third kappa shape index (κ3) is 4.45. The SMILES string of the molecule is CC(C)(CCO)NC(=O)Nc1ccc2oc(C(C)(C)C)nc2c1. The summed E-state index contributed by atoms with van der Waals surface area (Å²) in [5.41, 5.74) is 1.40. The molecule has 3 N–H and O–H groups in total. The summed E-state index contributed by atoms with van der Waals surface area (Å²) in [5.74, 6) is 0.665. The van der Waals surface area contributed by atoms with Crippen LogP contribution < -0.4 is 10.6 Å². The van der Waals surface area contributed by atoms with Crippen molar-refractivity contribution in [2.45, 2.75) is 52.0 Å². The van der Waals surface area contributed by atoms with Gasteiger partial charge in [-0.2, -0.15) is 0 Å². The number of hydrogen-bond donors (Lipinski definition) is 3. The summed E-state index contributed by atoms with van der Waals surface area (Å²) in [6.07, 6.45) is 0.484. The molecule has 2 aromatic rings. The van der Waals surface area contributed by atoms with Crippen molar-refractivity contribution in [1.82, 2.24) is 10.3 Å². The van der Waals surface area contributed by atoms with Crippen molar-refractivity contribution in [2.75, 3.05) is 11.9 Å². The van der Waals surface area contributed by atoms with Crippen molar-refractivity contribution in [3.8, 4) is 0 Å². The van der Waals surface area contributed by atoms with Crippen LogP contribution in [0, 0.1) is 0 Å². The average molecular weight is 319 g/mol. The van der Waals surface area contributed by atoms with Crippen LogP contribution in [0.3, 0.4) is 0 Å². The van der Waals surface area contributed by atoms with Crippen molar-refractivity contribution in [1.29, 1.82) is 0 Å². The van der Waals surface area contributed by atoms with E-state index in [1.165, 1.54) is 0 Å². The number of hydrogen-bond acceptors (Lipinski definition) is 4. The number of amides is 2. The Morgan fingerprint density at radius 2 is 1.96 bits per heavy atom. The van der Waals surface area contributed by atoms with Gasteiger partial charge < -0.3 is 20.2 Å². The van der Waals surface area contributed by atoms with E-state index in [4.69, 9.17) is 9.52 Å². The number of aromatic nitrogens is 1. The first kappa shape index (κ1) is 17.3. The molecule has 0 fully saturated rings. The van der Waals surface area contributed by atoms with Gasteiger partial charge in [-0.25, -0.2) is 9.78 Å². The number of aliphatic hydroxyl groups excluding tert-OH is 1. The molecule has 0 aliphatic carbocycles. The maximum atomic E-state index is 12.1. The molecule has 0 aliphatic heterocycles. The highest BCUT2D eigenvalue weighted by Gasteiger charge is 2.22. The predicted octanol–water partition coefficient (Wildman–Crippen LogP) is 3.41. The number of nitrogens with one attached hydrogen (secondary N) is 2. The van der Waals surface area contributed by atoms with Gasteiger partial charge in [-0.1, -0.05) is 20.8 Å². The number of benzene rings is 1. The van der Waals surface area contributed by atoms with Gasteiger partial charge in [-0.3, -0.25) is 0 Å². The second-order valence-corrected chi connectivity index (χ2v) is 7.39. The van der Waals surface area contributed by atoms with Gasteiger partial charge in [0.1, 0.15) is 5.52 Å². The molecule has 2 rings (SSSR count). The molecule has 0 saturated heterocycles. The van der Waals surface area contributed by atoms with Crippen molar-refractivity contribution in [3.63, 3.8) is 0 Å². The zero-order valence-electron chi connectivity index (χ0n) is 14.4. The molecule has 6 heteroatoms. The number of anilines is 1. The Bertz CT molecular complexity index is 699. The fourth-order valence-electron chi connectivity index (χ4n) is 2.14. The van der Waals surface area contributed by atoms with Gasteiger partial charge in [0.15, 0.2) is 5.58 Å². The van der Waals surface area contributed by atoms with Crippen LogP contribution in [0.25, 0.3) is 11.1 Å². The minimum Gasteiger partial charge on any atom is -0.440 e. The minimum atomic E-state index is -0.476. The first-order chi connectivity index (χ1) is 10.6. The zero-order chi connectivity index (χ0) is 17.3. The minimum absolute atomic E-state index is 0.0216. The predicted molar refractivity (Wildman–Crippen MR) is 90.6 cm³/mol. The van der Waals surface area contributed by atoms with Gasteiger partial charge in [0.2, 0.25) is 5.89 Å². The normalized spacial score (nSPS) is 12.4. The van der Waals surface area contributed by atoms with Crippen LogP contribution in [0.15, 0.2) is 22.6 Å². The van der Waals surface area contributed by atoms with E-state index in [1.807, 2.05) is 34.6 Å². The highest BCUT2D eigenvalue weighted by molar-refractivity contribution is 5.92. The lowest BCUT2D eigenvalue weighted by atomic mass is 9.97. The second kappa shape index (κ2) is 6.20. The smallest absolute Gasteiger partial charge is 0.319 e. The molecule has 0 atom stereocenters. The van der Waals surface area contributed by atoms with Crippen molar-refractivity contribution in [2.24, 2.45) is 0 Å². The van der Waals surface area contributed by atoms with E-state index in [-0.39, 0.29) is 18.1 Å². The van der Waals surface area contributed by atoms with Crippen LogP contribution >= 0.6 is 0 Å². The van der Waals surface area contributed by atoms with E-state index in [9.17, 15) is 4.79 Å². The van der Waals surface area contributed by atoms with Crippen LogP contribution in [0.5, 0.6) is 0 Å². The van der Waals surface area contributed by atoms with Crippen LogP contribution in [0.4, 0.5) is 10.5 Å². The highest BCUT2D eigenvalue weighted by atomic mass is 16.3. The van der Waals surface area contributed by atoms with Gasteiger partial charge in [-0.15, -0.1) is 0 Å². The quantitative estimate of drug-likeness (QED) is 0.806. The molecular weight excluding hydrogens is 294 g/mol. The van der Waals surface area contributed by atoms with Gasteiger partial charge in [0.05, 0.1) is 0 Å². The maximum Gasteiger partial charge on any atom is 0.319 e. The number of nitrogens with zero attached hydrogens (tertiary/aromatic N) is 1. The number of carbonyl (C=O) groups excluding carboxylic acids is 1. The molecule has 0 spiro atoms. The average Bonchev–Trinajstić information content (AvgIpc) is 2.80. The Kier molecular flexibility index (Phi) is 4.66. The van der Waals surface area contributed by atoms with E-state index >= 15 is 0 Å². The zero-order valence-corrected chi connectivity index (χ0v) is 14.4. The lowest BCUT2D eigenvalue weighted by molar-refractivity contribution is 0.218. The molecule has 0 saturated carbocycles. The fraction of sp³-hybridized carbons (Fsp3) is 0.529. The van der Waals surface area contributed by atoms with E-state index in [0.29, 0.717) is 29.1 Å². The third-order valence-corrected chi connectivity index (χ3v) is 3.48. The lowest BCUT2D eigenvalue weighted by Gasteiger charge is -2.25. The lowest BCUT2D eigenvalue weighted by Crippen LogP contribution is -2.46. The van der Waals surface area contributed by atoms with Crippen LogP contribution in [-0.4, -0.2) is 28.3 Å². The molecular formula is C17H25N3O3. The number of aliphatic hydroxyl groups is 1. The number of urea groups is 1. The van der Waals surface area contributed by atoms with Crippen molar-refractivity contribution in [3.05, 3.63) is 24.1 Å². The van der Waals surface area contributed by atoms with Gasteiger partial charge in [0.25, 0.3) is 0 Å². The molecule has 0 aliphatic rings. The molecule has 0 radical (unpaired) electrons. The Balaban J connectivity index is 2.13. The van der Waals surface area contributed by atoms with Gasteiger partial charge in [0, 0.05) is 23.2 Å². The summed E-state index contributed by atoms with van der Waals surface area (Å²) < 4.78 is 5.74. The molecule has 1 aromatic carbocycles. The Morgan fingerprint density at radius 3 is 2.57 bits per heavy atom. The van der Waals surface area contributed by atoms with E-state index in [2.05, 4.69) is 15.6 Å².